The molecule has 1 aromatic carbocycles. The van der Waals surface area contributed by atoms with Crippen molar-refractivity contribution in [2.24, 2.45) is 11.7 Å². The van der Waals surface area contributed by atoms with Crippen LogP contribution < -0.4 is 10.6 Å². The molecule has 19 heavy (non-hydrogen) atoms. The first-order valence-electron chi connectivity index (χ1n) is 6.35. The van der Waals surface area contributed by atoms with Gasteiger partial charge in [0, 0.05) is 12.2 Å². The van der Waals surface area contributed by atoms with Gasteiger partial charge >= 0.3 is 5.97 Å². The largest absolute Gasteiger partial charge is 0.478 e. The maximum Gasteiger partial charge on any atom is 0.335 e. The standard InChI is InChI=1S/C14H18N2O3/c1-8(2)12(15)13(17)16-6-5-9-7-10(14(18)19)3-4-11(9)16/h3-4,7-8,12H,5-6,15H2,1-2H3,(H,18,19). The second-order valence-corrected chi connectivity index (χ2v) is 5.16. The summed E-state index contributed by atoms with van der Waals surface area (Å²) < 4.78 is 0. The van der Waals surface area contributed by atoms with Crippen molar-refractivity contribution in [2.75, 3.05) is 11.4 Å². The summed E-state index contributed by atoms with van der Waals surface area (Å²) in [6.45, 7) is 4.39. The van der Waals surface area contributed by atoms with Crippen molar-refractivity contribution in [2.45, 2.75) is 26.3 Å². The van der Waals surface area contributed by atoms with Crippen LogP contribution in [-0.4, -0.2) is 29.6 Å². The lowest BCUT2D eigenvalue weighted by molar-refractivity contribution is -0.120. The Morgan fingerprint density at radius 3 is 2.63 bits per heavy atom. The molecule has 0 spiro atoms. The minimum absolute atomic E-state index is 0.0786. The third-order valence-corrected chi connectivity index (χ3v) is 3.49. The van der Waals surface area contributed by atoms with E-state index in [-0.39, 0.29) is 17.4 Å². The third-order valence-electron chi connectivity index (χ3n) is 3.49. The number of nitrogens with two attached hydrogens (primary N) is 1. The zero-order valence-electron chi connectivity index (χ0n) is 11.1. The molecule has 1 amide bonds. The molecule has 5 nitrogen and oxygen atoms in total. The summed E-state index contributed by atoms with van der Waals surface area (Å²) in [5.74, 6) is -0.974. The molecule has 0 aromatic heterocycles. The van der Waals surface area contributed by atoms with Gasteiger partial charge in [-0.15, -0.1) is 0 Å². The number of anilines is 1. The van der Waals surface area contributed by atoms with E-state index in [1.807, 2.05) is 13.8 Å². The van der Waals surface area contributed by atoms with Crippen LogP contribution >= 0.6 is 0 Å². The first-order chi connectivity index (χ1) is 8.91. The minimum atomic E-state index is -0.952. The lowest BCUT2D eigenvalue weighted by atomic mass is 10.0. The summed E-state index contributed by atoms with van der Waals surface area (Å²) in [5.41, 5.74) is 7.82. The van der Waals surface area contributed by atoms with E-state index in [9.17, 15) is 9.59 Å². The number of carbonyl (C=O) groups is 2. The van der Waals surface area contributed by atoms with Crippen molar-refractivity contribution in [3.63, 3.8) is 0 Å². The molecule has 1 aliphatic heterocycles. The zero-order chi connectivity index (χ0) is 14.2. The molecular weight excluding hydrogens is 244 g/mol. The van der Waals surface area contributed by atoms with Gasteiger partial charge in [-0.1, -0.05) is 13.8 Å². The van der Waals surface area contributed by atoms with Gasteiger partial charge in [0.2, 0.25) is 5.91 Å². The van der Waals surface area contributed by atoms with Gasteiger partial charge in [-0.3, -0.25) is 4.79 Å². The van der Waals surface area contributed by atoms with Crippen LogP contribution in [0.25, 0.3) is 0 Å². The molecule has 0 aliphatic carbocycles. The number of rotatable bonds is 3. The average molecular weight is 262 g/mol. The van der Waals surface area contributed by atoms with Crippen molar-refractivity contribution in [3.05, 3.63) is 29.3 Å². The van der Waals surface area contributed by atoms with Gasteiger partial charge in [0.15, 0.2) is 0 Å². The SMILES string of the molecule is CC(C)C(N)C(=O)N1CCc2cc(C(=O)O)ccc21. The summed E-state index contributed by atoms with van der Waals surface area (Å²) in [4.78, 5) is 24.8. The summed E-state index contributed by atoms with van der Waals surface area (Å²) in [7, 11) is 0. The number of carboxylic acid groups (broad SMARTS) is 1. The Bertz CT molecular complexity index is 525. The van der Waals surface area contributed by atoms with Crippen LogP contribution in [0.2, 0.25) is 0 Å². The molecule has 1 aliphatic rings. The lowest BCUT2D eigenvalue weighted by Crippen LogP contribution is -2.46. The number of fused-ring (bicyclic) bond motifs is 1. The van der Waals surface area contributed by atoms with E-state index in [1.165, 1.54) is 6.07 Å². The van der Waals surface area contributed by atoms with Gasteiger partial charge in [-0.25, -0.2) is 4.79 Å². The van der Waals surface area contributed by atoms with Crippen molar-refractivity contribution in [3.8, 4) is 0 Å². The lowest BCUT2D eigenvalue weighted by Gasteiger charge is -2.23. The second-order valence-electron chi connectivity index (χ2n) is 5.16. The van der Waals surface area contributed by atoms with Gasteiger partial charge < -0.3 is 15.7 Å². The van der Waals surface area contributed by atoms with E-state index in [0.717, 1.165) is 11.3 Å². The van der Waals surface area contributed by atoms with Gasteiger partial charge in [0.1, 0.15) is 0 Å². The quantitative estimate of drug-likeness (QED) is 0.859. The van der Waals surface area contributed by atoms with Crippen molar-refractivity contribution in [1.82, 2.24) is 0 Å². The highest BCUT2D eigenvalue weighted by atomic mass is 16.4. The normalized spacial score (nSPS) is 15.5. The average Bonchev–Trinajstić information content (AvgIpc) is 2.79. The fourth-order valence-corrected chi connectivity index (χ4v) is 2.23. The molecule has 0 saturated carbocycles. The highest BCUT2D eigenvalue weighted by Crippen LogP contribution is 2.29. The topological polar surface area (TPSA) is 83.6 Å². The molecule has 3 N–H and O–H groups in total. The molecule has 102 valence electrons. The Balaban J connectivity index is 2.28. The summed E-state index contributed by atoms with van der Waals surface area (Å²) in [6.07, 6.45) is 0.674. The maximum atomic E-state index is 12.3. The number of hydrogen-bond donors (Lipinski definition) is 2. The Morgan fingerprint density at radius 1 is 1.37 bits per heavy atom. The minimum Gasteiger partial charge on any atom is -0.478 e. The molecule has 0 saturated heterocycles. The fourth-order valence-electron chi connectivity index (χ4n) is 2.23. The molecule has 0 bridgehead atoms. The number of benzene rings is 1. The van der Waals surface area contributed by atoms with Crippen molar-refractivity contribution >= 4 is 17.6 Å². The molecule has 2 rings (SSSR count). The summed E-state index contributed by atoms with van der Waals surface area (Å²) in [5, 5.41) is 8.95. The monoisotopic (exact) mass is 262 g/mol. The van der Waals surface area contributed by atoms with Crippen LogP contribution in [0.15, 0.2) is 18.2 Å². The number of amides is 1. The number of carbonyl (C=O) groups excluding carboxylic acids is 1. The highest BCUT2D eigenvalue weighted by molar-refractivity contribution is 5.99. The molecule has 0 radical (unpaired) electrons. The number of aromatic carboxylic acids is 1. The highest BCUT2D eigenvalue weighted by Gasteiger charge is 2.30. The van der Waals surface area contributed by atoms with Gasteiger partial charge in [0.25, 0.3) is 0 Å². The summed E-state index contributed by atoms with van der Waals surface area (Å²) in [6, 6.07) is 4.32. The fraction of sp³-hybridized carbons (Fsp3) is 0.429. The zero-order valence-corrected chi connectivity index (χ0v) is 11.1. The van der Waals surface area contributed by atoms with E-state index in [2.05, 4.69) is 0 Å². The van der Waals surface area contributed by atoms with Crippen LogP contribution in [0.3, 0.4) is 0 Å². The first-order valence-corrected chi connectivity index (χ1v) is 6.35. The number of hydrogen-bond acceptors (Lipinski definition) is 3. The first kappa shape index (κ1) is 13.5. The van der Waals surface area contributed by atoms with E-state index in [0.29, 0.717) is 13.0 Å². The summed E-state index contributed by atoms with van der Waals surface area (Å²) >= 11 is 0. The number of carboxylic acids is 1. The van der Waals surface area contributed by atoms with Crippen LogP contribution in [0.4, 0.5) is 5.69 Å². The Morgan fingerprint density at radius 2 is 2.05 bits per heavy atom. The Labute approximate surface area is 112 Å². The van der Waals surface area contributed by atoms with E-state index in [4.69, 9.17) is 10.8 Å². The smallest absolute Gasteiger partial charge is 0.335 e. The van der Waals surface area contributed by atoms with Gasteiger partial charge in [0.05, 0.1) is 11.6 Å². The molecule has 1 heterocycles. The Hall–Kier alpha value is -1.88. The molecule has 1 atom stereocenters. The van der Waals surface area contributed by atoms with Crippen LogP contribution in [-0.2, 0) is 11.2 Å². The third kappa shape index (κ3) is 2.46. The van der Waals surface area contributed by atoms with Crippen LogP contribution in [0.5, 0.6) is 0 Å². The predicted octanol–water partition coefficient (Wildman–Crippen LogP) is 1.26. The van der Waals surface area contributed by atoms with E-state index in [1.54, 1.807) is 17.0 Å². The second kappa shape index (κ2) is 5.01. The van der Waals surface area contributed by atoms with Crippen LogP contribution in [0.1, 0.15) is 29.8 Å². The predicted molar refractivity (Wildman–Crippen MR) is 72.3 cm³/mol. The molecule has 1 unspecified atom stereocenters. The molecule has 5 heteroatoms. The van der Waals surface area contributed by atoms with Crippen molar-refractivity contribution < 1.29 is 14.7 Å². The van der Waals surface area contributed by atoms with Crippen LogP contribution in [0, 0.1) is 5.92 Å². The Kier molecular flexibility index (Phi) is 3.57. The maximum absolute atomic E-state index is 12.3. The van der Waals surface area contributed by atoms with Gasteiger partial charge in [-0.05, 0) is 36.1 Å². The number of nitrogens with zero attached hydrogens (tertiary/aromatic N) is 1. The molecule has 0 fully saturated rings. The van der Waals surface area contributed by atoms with E-state index >= 15 is 0 Å². The van der Waals surface area contributed by atoms with Crippen molar-refractivity contribution in [1.29, 1.82) is 0 Å². The molecular formula is C14H18N2O3. The molecule has 1 aromatic rings. The van der Waals surface area contributed by atoms with Gasteiger partial charge in [-0.2, -0.15) is 0 Å². The van der Waals surface area contributed by atoms with E-state index < -0.39 is 12.0 Å².